The number of nitrogens with zero attached hydrogens (tertiary/aromatic N) is 1. The third-order valence-corrected chi connectivity index (χ3v) is 2.92. The summed E-state index contributed by atoms with van der Waals surface area (Å²) in [6, 6.07) is 0. The van der Waals surface area contributed by atoms with Crippen LogP contribution in [-0.4, -0.2) is 25.0 Å². The summed E-state index contributed by atoms with van der Waals surface area (Å²) in [4.78, 5) is 2.34. The molecule has 0 N–H and O–H groups in total. The smallest absolute Gasteiger partial charge is 0.0227 e. The van der Waals surface area contributed by atoms with Crippen molar-refractivity contribution in [1.82, 2.24) is 4.90 Å². The van der Waals surface area contributed by atoms with E-state index in [1.165, 1.54) is 17.6 Å². The van der Waals surface area contributed by atoms with Crippen molar-refractivity contribution in [3.05, 3.63) is 23.3 Å². The largest absolute Gasteiger partial charge is 0.302 e. The Morgan fingerprint density at radius 2 is 2.23 bits per heavy atom. The van der Waals surface area contributed by atoms with Gasteiger partial charge in [0.1, 0.15) is 0 Å². The predicted molar refractivity (Wildman–Crippen MR) is 58.8 cm³/mol. The molecule has 0 aliphatic heterocycles. The molecule has 0 spiro atoms. The third-order valence-electron chi connectivity index (χ3n) is 2.92. The normalized spacial score (nSPS) is 23.0. The van der Waals surface area contributed by atoms with Crippen molar-refractivity contribution in [3.8, 4) is 0 Å². The summed E-state index contributed by atoms with van der Waals surface area (Å²) in [6.07, 6.45) is 5.94. The van der Waals surface area contributed by atoms with Gasteiger partial charge in [0.15, 0.2) is 0 Å². The molecule has 0 fully saturated rings. The molecule has 0 aromatic heterocycles. The van der Waals surface area contributed by atoms with Crippen LogP contribution in [0.2, 0.25) is 0 Å². The minimum Gasteiger partial charge on any atom is -0.302 e. The molecular weight excluding hydrogens is 158 g/mol. The van der Waals surface area contributed by atoms with Crippen molar-refractivity contribution in [2.75, 3.05) is 20.1 Å². The summed E-state index contributed by atoms with van der Waals surface area (Å²) in [5.41, 5.74) is 3.02. The van der Waals surface area contributed by atoms with E-state index in [9.17, 15) is 0 Å². The second kappa shape index (κ2) is 4.61. The number of allylic oxidation sites excluding steroid dienone is 2. The third kappa shape index (κ3) is 3.00. The summed E-state index contributed by atoms with van der Waals surface area (Å²) in [5, 5.41) is 0. The Morgan fingerprint density at radius 1 is 1.54 bits per heavy atom. The Balaban J connectivity index is 2.54. The minimum atomic E-state index is 0.746. The van der Waals surface area contributed by atoms with Crippen LogP contribution in [0, 0.1) is 5.92 Å². The molecule has 0 heterocycles. The Hall–Kier alpha value is -0.560. The highest BCUT2D eigenvalue weighted by molar-refractivity contribution is 5.29. The zero-order valence-electron chi connectivity index (χ0n) is 9.30. The van der Waals surface area contributed by atoms with Gasteiger partial charge < -0.3 is 4.90 Å². The summed E-state index contributed by atoms with van der Waals surface area (Å²) >= 11 is 0. The highest BCUT2D eigenvalue weighted by Crippen LogP contribution is 2.22. The minimum absolute atomic E-state index is 0.746. The molecule has 1 aliphatic rings. The lowest BCUT2D eigenvalue weighted by atomic mass is 9.91. The van der Waals surface area contributed by atoms with Gasteiger partial charge in [0.25, 0.3) is 0 Å². The molecular formula is C12H21N. The van der Waals surface area contributed by atoms with Gasteiger partial charge in [0.05, 0.1) is 0 Å². The van der Waals surface area contributed by atoms with E-state index in [1.807, 2.05) is 0 Å². The van der Waals surface area contributed by atoms with Gasteiger partial charge in [0.2, 0.25) is 0 Å². The first-order chi connectivity index (χ1) is 6.13. The SMILES string of the molecule is CCN(C)CC1=CCC(C)C(C)=C1. The summed E-state index contributed by atoms with van der Waals surface area (Å²) in [6.45, 7) is 8.95. The number of likely N-dealkylation sites (N-methyl/N-ethyl adjacent to an activating group) is 1. The van der Waals surface area contributed by atoms with Crippen molar-refractivity contribution in [2.45, 2.75) is 27.2 Å². The lowest BCUT2D eigenvalue weighted by Crippen LogP contribution is -2.21. The van der Waals surface area contributed by atoms with E-state index < -0.39 is 0 Å². The van der Waals surface area contributed by atoms with Gasteiger partial charge in [-0.15, -0.1) is 0 Å². The Kier molecular flexibility index (Phi) is 3.73. The van der Waals surface area contributed by atoms with Crippen LogP contribution in [0.4, 0.5) is 0 Å². The van der Waals surface area contributed by atoms with E-state index in [-0.39, 0.29) is 0 Å². The van der Waals surface area contributed by atoms with Crippen LogP contribution < -0.4 is 0 Å². The first-order valence-electron chi connectivity index (χ1n) is 5.19. The van der Waals surface area contributed by atoms with E-state index in [0.717, 1.165) is 19.0 Å². The van der Waals surface area contributed by atoms with Crippen molar-refractivity contribution in [3.63, 3.8) is 0 Å². The maximum Gasteiger partial charge on any atom is 0.0227 e. The van der Waals surface area contributed by atoms with Gasteiger partial charge >= 0.3 is 0 Å². The molecule has 1 heteroatoms. The molecule has 0 saturated carbocycles. The number of rotatable bonds is 3. The van der Waals surface area contributed by atoms with E-state index in [4.69, 9.17) is 0 Å². The topological polar surface area (TPSA) is 3.24 Å². The van der Waals surface area contributed by atoms with Crippen molar-refractivity contribution >= 4 is 0 Å². The van der Waals surface area contributed by atoms with Crippen molar-refractivity contribution < 1.29 is 0 Å². The van der Waals surface area contributed by atoms with Crippen LogP contribution in [-0.2, 0) is 0 Å². The Labute approximate surface area is 82.1 Å². The van der Waals surface area contributed by atoms with Crippen molar-refractivity contribution in [1.29, 1.82) is 0 Å². The Bertz CT molecular complexity index is 225. The van der Waals surface area contributed by atoms with E-state index >= 15 is 0 Å². The first kappa shape index (κ1) is 10.5. The molecule has 1 nitrogen and oxygen atoms in total. The molecule has 1 aliphatic carbocycles. The lowest BCUT2D eigenvalue weighted by molar-refractivity contribution is 0.384. The maximum atomic E-state index is 2.38. The Morgan fingerprint density at radius 3 is 2.77 bits per heavy atom. The molecule has 1 unspecified atom stereocenters. The molecule has 1 rings (SSSR count). The van der Waals surface area contributed by atoms with Crippen molar-refractivity contribution in [2.24, 2.45) is 5.92 Å². The van der Waals surface area contributed by atoms with Gasteiger partial charge in [-0.1, -0.05) is 31.6 Å². The van der Waals surface area contributed by atoms with Gasteiger partial charge in [-0.05, 0) is 38.4 Å². The fraction of sp³-hybridized carbons (Fsp3) is 0.667. The van der Waals surface area contributed by atoms with Gasteiger partial charge in [-0.2, -0.15) is 0 Å². The standard InChI is InChI=1S/C12H21N/c1-5-13(4)9-12-7-6-10(2)11(3)8-12/h7-8,10H,5-6,9H2,1-4H3. The van der Waals surface area contributed by atoms with Crippen LogP contribution in [0.5, 0.6) is 0 Å². The van der Waals surface area contributed by atoms with Crippen LogP contribution in [0.1, 0.15) is 27.2 Å². The van der Waals surface area contributed by atoms with Crippen LogP contribution in [0.15, 0.2) is 23.3 Å². The van der Waals surface area contributed by atoms with Crippen LogP contribution in [0.3, 0.4) is 0 Å². The van der Waals surface area contributed by atoms with Crippen LogP contribution >= 0.6 is 0 Å². The highest BCUT2D eigenvalue weighted by Gasteiger charge is 2.09. The first-order valence-corrected chi connectivity index (χ1v) is 5.19. The molecule has 0 saturated heterocycles. The summed E-state index contributed by atoms with van der Waals surface area (Å²) in [5.74, 6) is 0.746. The second-order valence-corrected chi connectivity index (χ2v) is 4.13. The lowest BCUT2D eigenvalue weighted by Gasteiger charge is -2.21. The van der Waals surface area contributed by atoms with E-state index in [2.05, 4.69) is 44.9 Å². The molecule has 0 bridgehead atoms. The molecule has 1 atom stereocenters. The monoisotopic (exact) mass is 179 g/mol. The molecule has 0 aromatic rings. The fourth-order valence-corrected chi connectivity index (χ4v) is 1.54. The number of hydrogen-bond acceptors (Lipinski definition) is 1. The average Bonchev–Trinajstić information content (AvgIpc) is 2.11. The fourth-order valence-electron chi connectivity index (χ4n) is 1.54. The molecule has 0 radical (unpaired) electrons. The van der Waals surface area contributed by atoms with Crippen LogP contribution in [0.25, 0.3) is 0 Å². The van der Waals surface area contributed by atoms with E-state index in [1.54, 1.807) is 0 Å². The van der Waals surface area contributed by atoms with Gasteiger partial charge in [-0.25, -0.2) is 0 Å². The van der Waals surface area contributed by atoms with Gasteiger partial charge in [-0.3, -0.25) is 0 Å². The molecule has 0 aromatic carbocycles. The molecule has 13 heavy (non-hydrogen) atoms. The zero-order valence-corrected chi connectivity index (χ0v) is 9.30. The molecule has 74 valence electrons. The average molecular weight is 179 g/mol. The summed E-state index contributed by atoms with van der Waals surface area (Å²) in [7, 11) is 2.17. The molecule has 0 amide bonds. The second-order valence-electron chi connectivity index (χ2n) is 4.13. The van der Waals surface area contributed by atoms with E-state index in [0.29, 0.717) is 0 Å². The highest BCUT2D eigenvalue weighted by atomic mass is 15.1. The van der Waals surface area contributed by atoms with Gasteiger partial charge in [0, 0.05) is 6.54 Å². The summed E-state index contributed by atoms with van der Waals surface area (Å²) < 4.78 is 0. The zero-order chi connectivity index (χ0) is 9.84. The number of hydrogen-bond donors (Lipinski definition) is 0. The predicted octanol–water partition coefficient (Wildman–Crippen LogP) is 2.85. The maximum absolute atomic E-state index is 2.38. The quantitative estimate of drug-likeness (QED) is 0.644.